The molecule has 1 atom stereocenters. The second-order valence-electron chi connectivity index (χ2n) is 9.09. The van der Waals surface area contributed by atoms with Crippen molar-refractivity contribution in [2.45, 2.75) is 44.0 Å². The molecule has 1 aliphatic rings. The van der Waals surface area contributed by atoms with Gasteiger partial charge in [-0.2, -0.15) is 4.31 Å². The fourth-order valence-electron chi connectivity index (χ4n) is 3.98. The molecule has 0 radical (unpaired) electrons. The third kappa shape index (κ3) is 5.95. The third-order valence-electron chi connectivity index (χ3n) is 5.93. The molecule has 2 amide bonds. The Morgan fingerprint density at radius 3 is 2.21 bits per heavy atom. The molecule has 1 aliphatic heterocycles. The number of piperidine rings is 1. The van der Waals surface area contributed by atoms with Crippen LogP contribution in [-0.2, 0) is 14.8 Å². The molecule has 2 aromatic rings. The van der Waals surface area contributed by atoms with Gasteiger partial charge >= 0.3 is 0 Å². The van der Waals surface area contributed by atoms with Crippen LogP contribution in [0.4, 0.5) is 11.4 Å². The molecule has 2 N–H and O–H groups in total. The summed E-state index contributed by atoms with van der Waals surface area (Å²) < 4.78 is 27.9. The minimum atomic E-state index is -3.66. The van der Waals surface area contributed by atoms with E-state index in [0.29, 0.717) is 30.0 Å². The van der Waals surface area contributed by atoms with Gasteiger partial charge in [-0.1, -0.05) is 38.5 Å². The number of carbonyl (C=O) groups excluding carboxylic acids is 2. The van der Waals surface area contributed by atoms with Gasteiger partial charge in [0, 0.05) is 32.7 Å². The Morgan fingerprint density at radius 2 is 1.62 bits per heavy atom. The summed E-state index contributed by atoms with van der Waals surface area (Å²) in [7, 11) is -0.0199. The van der Waals surface area contributed by atoms with Crippen LogP contribution >= 0.6 is 0 Å². The van der Waals surface area contributed by atoms with Crippen LogP contribution in [0.15, 0.2) is 53.4 Å². The van der Waals surface area contributed by atoms with Crippen LogP contribution < -0.4 is 15.5 Å². The molecule has 0 saturated carbocycles. The molecule has 8 nitrogen and oxygen atoms in total. The van der Waals surface area contributed by atoms with Crippen molar-refractivity contribution in [2.24, 2.45) is 5.92 Å². The number of hydrogen-bond acceptors (Lipinski definition) is 5. The maximum Gasteiger partial charge on any atom is 0.251 e. The van der Waals surface area contributed by atoms with Gasteiger partial charge in [-0.05, 0) is 49.1 Å². The highest BCUT2D eigenvalue weighted by molar-refractivity contribution is 7.89. The molecule has 0 spiro atoms. The van der Waals surface area contributed by atoms with Crippen molar-refractivity contribution in [3.05, 3.63) is 54.1 Å². The first kappa shape index (κ1) is 25.7. The largest absolute Gasteiger partial charge is 0.376 e. The molecule has 3 rings (SSSR count). The van der Waals surface area contributed by atoms with Gasteiger partial charge in [0.05, 0.1) is 16.3 Å². The third-order valence-corrected chi connectivity index (χ3v) is 7.83. The van der Waals surface area contributed by atoms with Gasteiger partial charge in [0.15, 0.2) is 0 Å². The van der Waals surface area contributed by atoms with Gasteiger partial charge in [0.1, 0.15) is 6.04 Å². The number of benzene rings is 2. The van der Waals surface area contributed by atoms with E-state index in [1.54, 1.807) is 41.3 Å². The zero-order valence-electron chi connectivity index (χ0n) is 20.2. The minimum absolute atomic E-state index is 0.143. The van der Waals surface area contributed by atoms with E-state index >= 15 is 0 Å². The van der Waals surface area contributed by atoms with Gasteiger partial charge < -0.3 is 15.5 Å². The van der Waals surface area contributed by atoms with Crippen molar-refractivity contribution in [1.29, 1.82) is 0 Å². The quantitative estimate of drug-likeness (QED) is 0.596. The summed E-state index contributed by atoms with van der Waals surface area (Å²) in [6.45, 7) is 4.69. The van der Waals surface area contributed by atoms with Crippen LogP contribution in [0.1, 0.15) is 43.5 Å². The summed E-state index contributed by atoms with van der Waals surface area (Å²) in [6.07, 6.45) is 2.71. The number of anilines is 2. The van der Waals surface area contributed by atoms with E-state index < -0.39 is 22.0 Å². The van der Waals surface area contributed by atoms with Gasteiger partial charge in [-0.25, -0.2) is 8.42 Å². The summed E-state index contributed by atoms with van der Waals surface area (Å²) >= 11 is 0. The Kier molecular flexibility index (Phi) is 8.33. The standard InChI is InChI=1S/C25H34N4O4S/c1-18(2)23(27-24(30)19-11-7-5-8-12-19)25(31)26-21-17-20(13-14-22(21)28(3)4)34(32,33)29-15-9-6-10-16-29/h5,7-8,11-14,17-18,23H,6,9-10,15-16H2,1-4H3,(H,26,31)(H,27,30). The Hall–Kier alpha value is -2.91. The molecule has 9 heteroatoms. The highest BCUT2D eigenvalue weighted by Gasteiger charge is 2.29. The van der Waals surface area contributed by atoms with Crippen LogP contribution in [-0.4, -0.2) is 57.8 Å². The predicted molar refractivity (Wildman–Crippen MR) is 135 cm³/mol. The van der Waals surface area contributed by atoms with E-state index in [1.165, 1.54) is 10.4 Å². The molecule has 0 aromatic heterocycles. The maximum atomic E-state index is 13.3. The Morgan fingerprint density at radius 1 is 0.971 bits per heavy atom. The van der Waals surface area contributed by atoms with Crippen LogP contribution in [0.2, 0.25) is 0 Å². The summed E-state index contributed by atoms with van der Waals surface area (Å²) in [6, 6.07) is 12.7. The van der Waals surface area contributed by atoms with Crippen molar-refractivity contribution < 1.29 is 18.0 Å². The SMILES string of the molecule is CC(C)C(NC(=O)c1ccccc1)C(=O)Nc1cc(S(=O)(=O)N2CCCCC2)ccc1N(C)C. The van der Waals surface area contributed by atoms with Gasteiger partial charge in [-0.3, -0.25) is 9.59 Å². The number of hydrogen-bond donors (Lipinski definition) is 2. The van der Waals surface area contributed by atoms with Crippen LogP contribution in [0.25, 0.3) is 0 Å². The first-order valence-electron chi connectivity index (χ1n) is 11.6. The van der Waals surface area contributed by atoms with E-state index in [4.69, 9.17) is 0 Å². The summed E-state index contributed by atoms with van der Waals surface area (Å²) in [5.74, 6) is -0.936. The predicted octanol–water partition coefficient (Wildman–Crippen LogP) is 3.32. The average molecular weight is 487 g/mol. The first-order valence-corrected chi connectivity index (χ1v) is 13.0. The number of rotatable bonds is 8. The minimum Gasteiger partial charge on any atom is -0.376 e. The number of nitrogens with zero attached hydrogens (tertiary/aromatic N) is 2. The van der Waals surface area contributed by atoms with E-state index in [-0.39, 0.29) is 16.7 Å². The van der Waals surface area contributed by atoms with E-state index in [2.05, 4.69) is 10.6 Å². The Bertz CT molecular complexity index is 1110. The molecular weight excluding hydrogens is 452 g/mol. The molecular formula is C25H34N4O4S. The topological polar surface area (TPSA) is 98.8 Å². The number of nitrogens with one attached hydrogen (secondary N) is 2. The Balaban J connectivity index is 1.87. The maximum absolute atomic E-state index is 13.3. The lowest BCUT2D eigenvalue weighted by atomic mass is 10.0. The second kappa shape index (κ2) is 11.0. The number of amides is 2. The summed E-state index contributed by atoms with van der Waals surface area (Å²) in [5, 5.41) is 5.67. The van der Waals surface area contributed by atoms with Crippen molar-refractivity contribution in [3.8, 4) is 0 Å². The van der Waals surface area contributed by atoms with Gasteiger partial charge in [0.2, 0.25) is 15.9 Å². The average Bonchev–Trinajstić information content (AvgIpc) is 2.83. The van der Waals surface area contributed by atoms with Crippen LogP contribution in [0.3, 0.4) is 0 Å². The molecule has 1 saturated heterocycles. The smallest absolute Gasteiger partial charge is 0.251 e. The highest BCUT2D eigenvalue weighted by atomic mass is 32.2. The fourth-order valence-corrected chi connectivity index (χ4v) is 5.52. The molecule has 34 heavy (non-hydrogen) atoms. The van der Waals surface area contributed by atoms with Crippen LogP contribution in [0.5, 0.6) is 0 Å². The zero-order valence-corrected chi connectivity index (χ0v) is 21.1. The Labute approximate surface area is 202 Å². The number of sulfonamides is 1. The highest BCUT2D eigenvalue weighted by Crippen LogP contribution is 2.30. The van der Waals surface area contributed by atoms with E-state index in [1.807, 2.05) is 34.0 Å². The monoisotopic (exact) mass is 486 g/mol. The first-order chi connectivity index (χ1) is 16.1. The normalized spacial score (nSPS) is 15.6. The molecule has 0 aliphatic carbocycles. The second-order valence-corrected chi connectivity index (χ2v) is 11.0. The van der Waals surface area contributed by atoms with Crippen molar-refractivity contribution in [3.63, 3.8) is 0 Å². The molecule has 1 heterocycles. The van der Waals surface area contributed by atoms with Crippen molar-refractivity contribution >= 4 is 33.2 Å². The van der Waals surface area contributed by atoms with Crippen molar-refractivity contribution in [1.82, 2.24) is 9.62 Å². The number of carbonyl (C=O) groups is 2. The molecule has 1 fully saturated rings. The van der Waals surface area contributed by atoms with E-state index in [0.717, 1.165) is 19.3 Å². The van der Waals surface area contributed by atoms with Crippen LogP contribution in [0, 0.1) is 5.92 Å². The molecule has 184 valence electrons. The van der Waals surface area contributed by atoms with Gasteiger partial charge in [-0.15, -0.1) is 0 Å². The summed E-state index contributed by atoms with van der Waals surface area (Å²) in [5.41, 5.74) is 1.51. The fraction of sp³-hybridized carbons (Fsp3) is 0.440. The lowest BCUT2D eigenvalue weighted by molar-refractivity contribution is -0.118. The zero-order chi connectivity index (χ0) is 24.9. The van der Waals surface area contributed by atoms with E-state index in [9.17, 15) is 18.0 Å². The van der Waals surface area contributed by atoms with Gasteiger partial charge in [0.25, 0.3) is 5.91 Å². The molecule has 2 aromatic carbocycles. The lowest BCUT2D eigenvalue weighted by Crippen LogP contribution is -2.47. The summed E-state index contributed by atoms with van der Waals surface area (Å²) in [4.78, 5) is 27.9. The van der Waals surface area contributed by atoms with Crippen molar-refractivity contribution in [2.75, 3.05) is 37.4 Å². The molecule has 1 unspecified atom stereocenters. The lowest BCUT2D eigenvalue weighted by Gasteiger charge is -2.27. The molecule has 0 bridgehead atoms.